The first kappa shape index (κ1) is 12.9. The first-order valence-electron chi connectivity index (χ1n) is 6.25. The molecule has 1 fully saturated rings. The molecule has 0 bridgehead atoms. The number of carbonyl (C=O) groups is 1. The van der Waals surface area contributed by atoms with Crippen molar-refractivity contribution in [1.82, 2.24) is 4.90 Å². The summed E-state index contributed by atoms with van der Waals surface area (Å²) in [4.78, 5) is 19.0. The SMILES string of the molecule is O=C1N=C(N2CCCC2)SC1=Cc1ccc(Br)cc1. The highest BCUT2D eigenvalue weighted by Crippen LogP contribution is 2.31. The van der Waals surface area contributed by atoms with Crippen molar-refractivity contribution in [2.24, 2.45) is 4.99 Å². The van der Waals surface area contributed by atoms with Crippen molar-refractivity contribution >= 4 is 44.8 Å². The monoisotopic (exact) mass is 336 g/mol. The summed E-state index contributed by atoms with van der Waals surface area (Å²) in [6.07, 6.45) is 4.30. The van der Waals surface area contributed by atoms with Gasteiger partial charge in [-0.3, -0.25) is 4.79 Å². The van der Waals surface area contributed by atoms with E-state index < -0.39 is 0 Å². The van der Waals surface area contributed by atoms with E-state index >= 15 is 0 Å². The highest BCUT2D eigenvalue weighted by molar-refractivity contribution is 9.10. The molecule has 0 N–H and O–H groups in total. The van der Waals surface area contributed by atoms with Gasteiger partial charge in [0, 0.05) is 17.6 Å². The Kier molecular flexibility index (Phi) is 3.75. The number of likely N-dealkylation sites (tertiary alicyclic amines) is 1. The van der Waals surface area contributed by atoms with Gasteiger partial charge in [-0.25, -0.2) is 0 Å². The van der Waals surface area contributed by atoms with Crippen LogP contribution in [0.1, 0.15) is 18.4 Å². The van der Waals surface area contributed by atoms with E-state index in [-0.39, 0.29) is 5.91 Å². The van der Waals surface area contributed by atoms with Gasteiger partial charge in [0.25, 0.3) is 5.91 Å². The Hall–Kier alpha value is -1.07. The van der Waals surface area contributed by atoms with Crippen LogP contribution in [0.4, 0.5) is 0 Å². The molecule has 1 aromatic carbocycles. The third kappa shape index (κ3) is 2.92. The number of aliphatic imine (C=N–C) groups is 1. The summed E-state index contributed by atoms with van der Waals surface area (Å²) >= 11 is 4.89. The highest BCUT2D eigenvalue weighted by atomic mass is 79.9. The molecule has 0 radical (unpaired) electrons. The van der Waals surface area contributed by atoms with E-state index in [2.05, 4.69) is 25.8 Å². The maximum Gasteiger partial charge on any atom is 0.286 e. The van der Waals surface area contributed by atoms with Gasteiger partial charge in [-0.15, -0.1) is 0 Å². The number of benzene rings is 1. The zero-order valence-electron chi connectivity index (χ0n) is 10.3. The largest absolute Gasteiger partial charge is 0.351 e. The smallest absolute Gasteiger partial charge is 0.286 e. The number of rotatable bonds is 1. The topological polar surface area (TPSA) is 32.7 Å². The lowest BCUT2D eigenvalue weighted by atomic mass is 10.2. The summed E-state index contributed by atoms with van der Waals surface area (Å²) in [7, 11) is 0. The molecule has 19 heavy (non-hydrogen) atoms. The van der Waals surface area contributed by atoms with E-state index in [0.29, 0.717) is 4.91 Å². The van der Waals surface area contributed by atoms with E-state index in [9.17, 15) is 4.79 Å². The van der Waals surface area contributed by atoms with Crippen molar-refractivity contribution in [3.8, 4) is 0 Å². The molecule has 2 aliphatic rings. The van der Waals surface area contributed by atoms with Crippen molar-refractivity contribution in [3.63, 3.8) is 0 Å². The van der Waals surface area contributed by atoms with Gasteiger partial charge >= 0.3 is 0 Å². The van der Waals surface area contributed by atoms with Crippen LogP contribution >= 0.6 is 27.7 Å². The second kappa shape index (κ2) is 5.51. The lowest BCUT2D eigenvalue weighted by Crippen LogP contribution is -2.23. The van der Waals surface area contributed by atoms with Gasteiger partial charge in [0.05, 0.1) is 4.91 Å². The maximum atomic E-state index is 11.9. The Labute approximate surface area is 124 Å². The number of amidine groups is 1. The molecule has 0 saturated carbocycles. The number of hydrogen-bond acceptors (Lipinski definition) is 3. The molecule has 1 saturated heterocycles. The molecule has 0 spiro atoms. The van der Waals surface area contributed by atoms with Crippen molar-refractivity contribution in [2.75, 3.05) is 13.1 Å². The van der Waals surface area contributed by atoms with Crippen LogP contribution in [0.15, 0.2) is 38.6 Å². The molecular weight excluding hydrogens is 324 g/mol. The van der Waals surface area contributed by atoms with Gasteiger partial charge in [0.1, 0.15) is 0 Å². The van der Waals surface area contributed by atoms with Crippen LogP contribution in [-0.2, 0) is 4.79 Å². The van der Waals surface area contributed by atoms with Crippen LogP contribution in [0.5, 0.6) is 0 Å². The van der Waals surface area contributed by atoms with Crippen LogP contribution in [0, 0.1) is 0 Å². The summed E-state index contributed by atoms with van der Waals surface area (Å²) in [6, 6.07) is 7.91. The van der Waals surface area contributed by atoms with Gasteiger partial charge < -0.3 is 4.90 Å². The fourth-order valence-corrected chi connectivity index (χ4v) is 3.38. The third-order valence-corrected chi connectivity index (χ3v) is 4.73. The Balaban J connectivity index is 1.77. The second-order valence-electron chi connectivity index (χ2n) is 4.56. The van der Waals surface area contributed by atoms with E-state index in [1.165, 1.54) is 24.6 Å². The number of hydrogen-bond donors (Lipinski definition) is 0. The molecule has 0 aromatic heterocycles. The second-order valence-corrected chi connectivity index (χ2v) is 6.48. The predicted octanol–water partition coefficient (Wildman–Crippen LogP) is 3.52. The lowest BCUT2D eigenvalue weighted by Gasteiger charge is -2.14. The minimum Gasteiger partial charge on any atom is -0.351 e. The molecule has 5 heteroatoms. The zero-order valence-corrected chi connectivity index (χ0v) is 12.7. The standard InChI is InChI=1S/C14H13BrN2OS/c15-11-5-3-10(4-6-11)9-12-13(18)16-14(19-12)17-7-1-2-8-17/h3-6,9H,1-2,7-8H2. The molecule has 1 aromatic rings. The molecule has 1 amide bonds. The fraction of sp³-hybridized carbons (Fsp3) is 0.286. The van der Waals surface area contributed by atoms with Gasteiger partial charge in [0.2, 0.25) is 0 Å². The third-order valence-electron chi connectivity index (χ3n) is 3.15. The zero-order chi connectivity index (χ0) is 13.2. The number of thioether (sulfide) groups is 1. The van der Waals surface area contributed by atoms with Crippen molar-refractivity contribution in [2.45, 2.75) is 12.8 Å². The van der Waals surface area contributed by atoms with Crippen LogP contribution in [0.2, 0.25) is 0 Å². The summed E-state index contributed by atoms with van der Waals surface area (Å²) in [6.45, 7) is 2.04. The van der Waals surface area contributed by atoms with Crippen LogP contribution in [0.25, 0.3) is 6.08 Å². The van der Waals surface area contributed by atoms with E-state index in [0.717, 1.165) is 28.3 Å². The Morgan fingerprint density at radius 2 is 1.89 bits per heavy atom. The minimum atomic E-state index is -0.116. The van der Waals surface area contributed by atoms with E-state index in [1.807, 2.05) is 30.3 Å². The molecular formula is C14H13BrN2OS. The number of nitrogens with zero attached hydrogens (tertiary/aromatic N) is 2. The van der Waals surface area contributed by atoms with Gasteiger partial charge in [0.15, 0.2) is 5.17 Å². The molecule has 2 heterocycles. The van der Waals surface area contributed by atoms with E-state index in [4.69, 9.17) is 0 Å². The average molecular weight is 337 g/mol. The quantitative estimate of drug-likeness (QED) is 0.735. The summed E-state index contributed by atoms with van der Waals surface area (Å²) in [5.41, 5.74) is 1.02. The molecule has 3 nitrogen and oxygen atoms in total. The van der Waals surface area contributed by atoms with Gasteiger partial charge in [-0.05, 0) is 48.4 Å². The first-order valence-corrected chi connectivity index (χ1v) is 7.86. The molecule has 3 rings (SSSR count). The predicted molar refractivity (Wildman–Crippen MR) is 83.0 cm³/mol. The number of amides is 1. The number of halogens is 1. The van der Waals surface area contributed by atoms with Crippen LogP contribution in [-0.4, -0.2) is 29.1 Å². The van der Waals surface area contributed by atoms with Crippen LogP contribution in [0.3, 0.4) is 0 Å². The van der Waals surface area contributed by atoms with Crippen molar-refractivity contribution in [1.29, 1.82) is 0 Å². The van der Waals surface area contributed by atoms with Crippen LogP contribution < -0.4 is 0 Å². The van der Waals surface area contributed by atoms with Crippen molar-refractivity contribution < 1.29 is 4.79 Å². The maximum absolute atomic E-state index is 11.9. The lowest BCUT2D eigenvalue weighted by molar-refractivity contribution is -0.113. The van der Waals surface area contributed by atoms with Gasteiger partial charge in [-0.1, -0.05) is 28.1 Å². The molecule has 2 aliphatic heterocycles. The molecule has 0 atom stereocenters. The molecule has 98 valence electrons. The Bertz CT molecular complexity index is 559. The Morgan fingerprint density at radius 3 is 2.58 bits per heavy atom. The summed E-state index contributed by atoms with van der Waals surface area (Å²) in [5, 5.41) is 0.867. The van der Waals surface area contributed by atoms with E-state index in [1.54, 1.807) is 0 Å². The average Bonchev–Trinajstić information content (AvgIpc) is 3.03. The molecule has 0 aliphatic carbocycles. The fourth-order valence-electron chi connectivity index (χ4n) is 2.15. The summed E-state index contributed by atoms with van der Waals surface area (Å²) < 4.78 is 1.04. The highest BCUT2D eigenvalue weighted by Gasteiger charge is 2.27. The normalized spacial score (nSPS) is 21.3. The minimum absolute atomic E-state index is 0.116. The Morgan fingerprint density at radius 1 is 1.21 bits per heavy atom. The number of carbonyl (C=O) groups excluding carboxylic acids is 1. The summed E-state index contributed by atoms with van der Waals surface area (Å²) in [5.74, 6) is -0.116. The molecule has 0 unspecified atom stereocenters. The van der Waals surface area contributed by atoms with Gasteiger partial charge in [-0.2, -0.15) is 4.99 Å². The van der Waals surface area contributed by atoms with Crippen molar-refractivity contribution in [3.05, 3.63) is 39.2 Å². The first-order chi connectivity index (χ1) is 9.22.